The second-order valence-electron chi connectivity index (χ2n) is 2.92. The zero-order chi connectivity index (χ0) is 9.80. The minimum Gasteiger partial charge on any atom is -0.354 e. The van der Waals surface area contributed by atoms with Crippen LogP contribution in [-0.4, -0.2) is 15.2 Å². The van der Waals surface area contributed by atoms with Gasteiger partial charge in [-0.15, -0.1) is 10.2 Å². The van der Waals surface area contributed by atoms with Gasteiger partial charge in [-0.3, -0.25) is 4.98 Å². The molecule has 4 nitrogen and oxygen atoms in total. The van der Waals surface area contributed by atoms with E-state index in [1.54, 1.807) is 5.51 Å². The fraction of sp³-hybridized carbons (Fsp3) is 0.222. The first-order chi connectivity index (χ1) is 6.84. The number of aryl methyl sites for hydroxylation is 1. The predicted molar refractivity (Wildman–Crippen MR) is 56.2 cm³/mol. The van der Waals surface area contributed by atoms with Crippen molar-refractivity contribution >= 4 is 16.5 Å². The van der Waals surface area contributed by atoms with Crippen LogP contribution < -0.4 is 5.32 Å². The summed E-state index contributed by atoms with van der Waals surface area (Å²) >= 11 is 1.48. The van der Waals surface area contributed by atoms with Crippen LogP contribution in [0, 0.1) is 6.92 Å². The molecule has 0 saturated carbocycles. The van der Waals surface area contributed by atoms with Gasteiger partial charge >= 0.3 is 0 Å². The van der Waals surface area contributed by atoms with Crippen molar-refractivity contribution in [2.75, 3.05) is 5.32 Å². The van der Waals surface area contributed by atoms with Gasteiger partial charge in [0, 0.05) is 6.20 Å². The van der Waals surface area contributed by atoms with Crippen molar-refractivity contribution in [1.82, 2.24) is 15.2 Å². The maximum atomic E-state index is 4.27. The van der Waals surface area contributed by atoms with Gasteiger partial charge in [-0.25, -0.2) is 0 Å². The molecule has 0 amide bonds. The van der Waals surface area contributed by atoms with Crippen molar-refractivity contribution in [3.8, 4) is 0 Å². The summed E-state index contributed by atoms with van der Waals surface area (Å²) < 4.78 is 0. The lowest BCUT2D eigenvalue weighted by molar-refractivity contribution is 1.01. The van der Waals surface area contributed by atoms with Gasteiger partial charge in [-0.05, 0) is 18.6 Å². The minimum atomic E-state index is 0.690. The molecule has 0 aliphatic heterocycles. The van der Waals surface area contributed by atoms with Crippen LogP contribution in [0.4, 0.5) is 5.13 Å². The quantitative estimate of drug-likeness (QED) is 0.832. The summed E-state index contributed by atoms with van der Waals surface area (Å²) in [4.78, 5) is 4.27. The Bertz CT molecular complexity index is 382. The molecule has 2 aromatic heterocycles. The molecule has 14 heavy (non-hydrogen) atoms. The van der Waals surface area contributed by atoms with Crippen LogP contribution >= 0.6 is 11.3 Å². The highest BCUT2D eigenvalue weighted by molar-refractivity contribution is 7.13. The lowest BCUT2D eigenvalue weighted by atomic mass is 10.3. The van der Waals surface area contributed by atoms with Crippen LogP contribution in [0.15, 0.2) is 23.8 Å². The summed E-state index contributed by atoms with van der Waals surface area (Å²) in [7, 11) is 0. The molecule has 0 aliphatic rings. The first-order valence-electron chi connectivity index (χ1n) is 4.26. The van der Waals surface area contributed by atoms with Gasteiger partial charge in [0.2, 0.25) is 5.13 Å². The number of rotatable bonds is 3. The summed E-state index contributed by atoms with van der Waals surface area (Å²) in [5.41, 5.74) is 3.88. The highest BCUT2D eigenvalue weighted by Gasteiger charge is 1.96. The number of nitrogens with zero attached hydrogens (tertiary/aromatic N) is 3. The zero-order valence-electron chi connectivity index (χ0n) is 7.77. The molecule has 0 saturated heterocycles. The maximum Gasteiger partial charge on any atom is 0.205 e. The Morgan fingerprint density at radius 3 is 3.00 bits per heavy atom. The second-order valence-corrected chi connectivity index (χ2v) is 3.76. The summed E-state index contributed by atoms with van der Waals surface area (Å²) in [5.74, 6) is 0. The van der Waals surface area contributed by atoms with E-state index in [1.807, 2.05) is 25.3 Å². The molecule has 2 aromatic rings. The third-order valence-corrected chi connectivity index (χ3v) is 2.40. The monoisotopic (exact) mass is 206 g/mol. The Morgan fingerprint density at radius 2 is 2.36 bits per heavy atom. The van der Waals surface area contributed by atoms with Crippen LogP contribution in [0.25, 0.3) is 0 Å². The average Bonchev–Trinajstić information content (AvgIpc) is 2.70. The fourth-order valence-electron chi connectivity index (χ4n) is 1.02. The first-order valence-corrected chi connectivity index (χ1v) is 5.14. The van der Waals surface area contributed by atoms with E-state index in [0.717, 1.165) is 10.8 Å². The van der Waals surface area contributed by atoms with Crippen molar-refractivity contribution in [3.05, 3.63) is 35.1 Å². The molecule has 72 valence electrons. The molecule has 0 bridgehead atoms. The normalized spacial score (nSPS) is 10.1. The van der Waals surface area contributed by atoms with Crippen molar-refractivity contribution in [3.63, 3.8) is 0 Å². The summed E-state index contributed by atoms with van der Waals surface area (Å²) in [5, 5.41) is 11.6. The molecule has 0 unspecified atom stereocenters. The Hall–Kier alpha value is -1.49. The summed E-state index contributed by atoms with van der Waals surface area (Å²) in [6, 6.07) is 4.05. The van der Waals surface area contributed by atoms with Gasteiger partial charge in [-0.1, -0.05) is 17.4 Å². The molecular weight excluding hydrogens is 196 g/mol. The minimum absolute atomic E-state index is 0.690. The fourth-order valence-corrected chi connectivity index (χ4v) is 1.46. The Morgan fingerprint density at radius 1 is 1.43 bits per heavy atom. The third-order valence-electron chi connectivity index (χ3n) is 1.75. The number of nitrogens with one attached hydrogen (secondary N) is 1. The molecule has 0 aromatic carbocycles. The van der Waals surface area contributed by atoms with Crippen molar-refractivity contribution in [2.45, 2.75) is 13.5 Å². The average molecular weight is 206 g/mol. The number of pyridine rings is 1. The molecule has 0 atom stereocenters. The number of anilines is 1. The van der Waals surface area contributed by atoms with E-state index < -0.39 is 0 Å². The van der Waals surface area contributed by atoms with E-state index in [1.165, 1.54) is 16.9 Å². The standard InChI is InChI=1S/C9H10N4S/c1-7-2-3-8(10-4-7)5-11-9-13-12-6-14-9/h2-4,6H,5H2,1H3,(H,11,13). The highest BCUT2D eigenvalue weighted by Crippen LogP contribution is 2.09. The molecule has 0 spiro atoms. The Labute approximate surface area is 86.0 Å². The Balaban J connectivity index is 1.95. The van der Waals surface area contributed by atoms with Crippen molar-refractivity contribution < 1.29 is 0 Å². The van der Waals surface area contributed by atoms with Crippen LogP contribution in [0.2, 0.25) is 0 Å². The van der Waals surface area contributed by atoms with E-state index in [-0.39, 0.29) is 0 Å². The molecule has 0 fully saturated rings. The predicted octanol–water partition coefficient (Wildman–Crippen LogP) is 1.85. The molecule has 1 N–H and O–H groups in total. The number of hydrogen-bond donors (Lipinski definition) is 1. The Kier molecular flexibility index (Phi) is 2.69. The third kappa shape index (κ3) is 2.26. The van der Waals surface area contributed by atoms with E-state index in [2.05, 4.69) is 20.5 Å². The molecule has 2 rings (SSSR count). The van der Waals surface area contributed by atoms with E-state index in [0.29, 0.717) is 6.54 Å². The van der Waals surface area contributed by atoms with Gasteiger partial charge in [0.15, 0.2) is 0 Å². The summed E-state index contributed by atoms with van der Waals surface area (Å²) in [6.07, 6.45) is 1.86. The van der Waals surface area contributed by atoms with E-state index in [9.17, 15) is 0 Å². The molecule has 5 heteroatoms. The van der Waals surface area contributed by atoms with Crippen molar-refractivity contribution in [2.24, 2.45) is 0 Å². The molecule has 0 radical (unpaired) electrons. The molecule has 2 heterocycles. The maximum absolute atomic E-state index is 4.27. The number of hydrogen-bond acceptors (Lipinski definition) is 5. The van der Waals surface area contributed by atoms with Crippen LogP contribution in [0.5, 0.6) is 0 Å². The van der Waals surface area contributed by atoms with Crippen LogP contribution in [-0.2, 0) is 6.54 Å². The van der Waals surface area contributed by atoms with Gasteiger partial charge in [-0.2, -0.15) is 0 Å². The lowest BCUT2D eigenvalue weighted by Gasteiger charge is -2.01. The van der Waals surface area contributed by atoms with Gasteiger partial charge in [0.25, 0.3) is 0 Å². The van der Waals surface area contributed by atoms with E-state index >= 15 is 0 Å². The molecule has 0 aliphatic carbocycles. The lowest BCUT2D eigenvalue weighted by Crippen LogP contribution is -2.01. The van der Waals surface area contributed by atoms with Crippen molar-refractivity contribution in [1.29, 1.82) is 0 Å². The van der Waals surface area contributed by atoms with Gasteiger partial charge in [0.1, 0.15) is 5.51 Å². The first kappa shape index (κ1) is 9.08. The largest absolute Gasteiger partial charge is 0.354 e. The molecular formula is C9H10N4S. The van der Waals surface area contributed by atoms with Gasteiger partial charge < -0.3 is 5.32 Å². The second kappa shape index (κ2) is 4.15. The topological polar surface area (TPSA) is 50.7 Å². The highest BCUT2D eigenvalue weighted by atomic mass is 32.1. The number of aromatic nitrogens is 3. The SMILES string of the molecule is Cc1ccc(CNc2nncs2)nc1. The zero-order valence-corrected chi connectivity index (χ0v) is 8.58. The van der Waals surface area contributed by atoms with Gasteiger partial charge in [0.05, 0.1) is 12.2 Å². The smallest absolute Gasteiger partial charge is 0.205 e. The summed E-state index contributed by atoms with van der Waals surface area (Å²) in [6.45, 7) is 2.71. The van der Waals surface area contributed by atoms with Crippen LogP contribution in [0.3, 0.4) is 0 Å². The van der Waals surface area contributed by atoms with E-state index in [4.69, 9.17) is 0 Å². The van der Waals surface area contributed by atoms with Crippen LogP contribution in [0.1, 0.15) is 11.3 Å².